The van der Waals surface area contributed by atoms with Gasteiger partial charge in [0.05, 0.1) is 0 Å². The number of hydrogen-bond acceptors (Lipinski definition) is 2. The third kappa shape index (κ3) is 2.29. The molecule has 2 aliphatic rings. The van der Waals surface area contributed by atoms with Crippen LogP contribution in [0, 0.1) is 0 Å². The van der Waals surface area contributed by atoms with E-state index in [1.54, 1.807) is 24.3 Å². The highest BCUT2D eigenvalue weighted by atomic mass is 35.5. The van der Waals surface area contributed by atoms with Crippen LogP contribution in [-0.4, -0.2) is 30.1 Å². The van der Waals surface area contributed by atoms with Gasteiger partial charge < -0.3 is 9.64 Å². The Morgan fingerprint density at radius 1 is 1.41 bits per heavy atom. The first-order valence-corrected chi connectivity index (χ1v) is 6.37. The van der Waals surface area contributed by atoms with E-state index in [1.165, 1.54) is 0 Å². The third-order valence-electron chi connectivity index (χ3n) is 3.59. The normalized spacial score (nSPS) is 42.6. The molecule has 1 aromatic carbocycles. The van der Waals surface area contributed by atoms with E-state index in [-0.39, 0.29) is 6.04 Å². The highest BCUT2D eigenvalue weighted by Crippen LogP contribution is 2.35. The molecule has 0 radical (unpaired) electrons. The van der Waals surface area contributed by atoms with Crippen LogP contribution >= 0.6 is 11.6 Å². The van der Waals surface area contributed by atoms with Crippen molar-refractivity contribution >= 4 is 11.6 Å². The highest BCUT2D eigenvalue weighted by Gasteiger charge is 2.39. The molecular formula is C14H18ClNO. The molecule has 0 aliphatic carbocycles. The molecule has 2 nitrogen and oxygen atoms in total. The van der Waals surface area contributed by atoms with E-state index in [0.29, 0.717) is 23.6 Å². The van der Waals surface area contributed by atoms with Crippen molar-refractivity contribution in [2.24, 2.45) is 0 Å². The number of ether oxygens (including phenoxy) is 1. The zero-order valence-corrected chi connectivity index (χ0v) is 10.6. The molecule has 2 heterocycles. The van der Waals surface area contributed by atoms with Gasteiger partial charge in [-0.3, -0.25) is 0 Å². The molecule has 17 heavy (non-hydrogen) atoms. The Bertz CT molecular complexity index is 510. The second kappa shape index (κ2) is 4.51. The van der Waals surface area contributed by atoms with E-state index >= 15 is 0 Å². The smallest absolute Gasteiger partial charge is 0.119 e. The summed E-state index contributed by atoms with van der Waals surface area (Å²) in [6.45, 7) is 0. The largest absolute Gasteiger partial charge is 0.490 e. The summed E-state index contributed by atoms with van der Waals surface area (Å²) in [6.07, 6.45) is -0.257. The monoisotopic (exact) mass is 254 g/mol. The molecule has 1 unspecified atom stereocenters. The first-order chi connectivity index (χ1) is 9.34. The maximum atomic E-state index is 8.50. The zero-order chi connectivity index (χ0) is 14.5. The lowest BCUT2D eigenvalue weighted by Gasteiger charge is -2.36. The molecule has 0 N–H and O–H groups in total. The molecular weight excluding hydrogens is 234 g/mol. The maximum Gasteiger partial charge on any atom is 0.119 e. The fourth-order valence-electron chi connectivity index (χ4n) is 2.59. The molecule has 92 valence electrons. The number of fused-ring (bicyclic) bond motifs is 2. The van der Waals surface area contributed by atoms with Crippen molar-refractivity contribution in [3.63, 3.8) is 0 Å². The van der Waals surface area contributed by atoms with Crippen molar-refractivity contribution in [3.8, 4) is 5.75 Å². The molecule has 0 spiro atoms. The van der Waals surface area contributed by atoms with Gasteiger partial charge in [-0.2, -0.15) is 0 Å². The topological polar surface area (TPSA) is 12.5 Å². The average molecular weight is 255 g/mol. The average Bonchev–Trinajstić information content (AvgIpc) is 2.64. The number of benzene rings is 1. The molecule has 3 heteroatoms. The second-order valence-corrected chi connectivity index (χ2v) is 5.13. The first kappa shape index (κ1) is 8.39. The molecule has 1 aromatic rings. The van der Waals surface area contributed by atoms with Crippen LogP contribution in [0.1, 0.15) is 29.7 Å². The second-order valence-electron chi connectivity index (χ2n) is 4.69. The van der Waals surface area contributed by atoms with Gasteiger partial charge in [-0.05, 0) is 56.9 Å². The summed E-state index contributed by atoms with van der Waals surface area (Å²) in [5.41, 5.74) is 0. The summed E-state index contributed by atoms with van der Waals surface area (Å²) in [5, 5.41) is 0.626. The Morgan fingerprint density at radius 3 is 2.94 bits per heavy atom. The van der Waals surface area contributed by atoms with Crippen LogP contribution < -0.4 is 4.74 Å². The van der Waals surface area contributed by atoms with Crippen LogP contribution in [0.2, 0.25) is 5.02 Å². The van der Waals surface area contributed by atoms with Crippen molar-refractivity contribution < 1.29 is 8.85 Å². The van der Waals surface area contributed by atoms with E-state index < -0.39 is 18.5 Å². The van der Waals surface area contributed by atoms with Gasteiger partial charge in [0.1, 0.15) is 11.9 Å². The molecule has 2 fully saturated rings. The third-order valence-corrected chi connectivity index (χ3v) is 3.85. The standard InChI is InChI=1S/C14H18ClNO/c1-16-11-4-5-12(16)9-14(8-11)17-13-6-2-10(15)3-7-13/h2-3,6-7,11-12,14H,4-5,8-9H2,1H3/t11-,12+,14?/i8D2,11D/m0/s1. The molecule has 3 atom stereocenters. The molecule has 3 rings (SSSR count). The number of nitrogens with zero attached hydrogens (tertiary/aromatic N) is 1. The maximum absolute atomic E-state index is 8.50. The van der Waals surface area contributed by atoms with E-state index in [9.17, 15) is 0 Å². The van der Waals surface area contributed by atoms with Gasteiger partial charge in [0, 0.05) is 21.2 Å². The quantitative estimate of drug-likeness (QED) is 0.803. The number of hydrogen-bond donors (Lipinski definition) is 0. The minimum absolute atomic E-state index is 0.230. The van der Waals surface area contributed by atoms with Gasteiger partial charge in [0.15, 0.2) is 0 Å². The number of piperidine rings is 1. The lowest BCUT2D eigenvalue weighted by Crippen LogP contribution is -2.43. The van der Waals surface area contributed by atoms with E-state index in [4.69, 9.17) is 20.5 Å². The number of rotatable bonds is 2. The Morgan fingerprint density at radius 2 is 2.18 bits per heavy atom. The lowest BCUT2D eigenvalue weighted by atomic mass is 10.0. The predicted octanol–water partition coefficient (Wildman–Crippen LogP) is 3.34. The Kier molecular flexibility index (Phi) is 2.22. The molecule has 0 amide bonds. The van der Waals surface area contributed by atoms with E-state index in [2.05, 4.69) is 0 Å². The van der Waals surface area contributed by atoms with Crippen molar-refractivity contribution in [2.45, 2.75) is 43.8 Å². The van der Waals surface area contributed by atoms with Gasteiger partial charge >= 0.3 is 0 Å². The summed E-state index contributed by atoms with van der Waals surface area (Å²) in [7, 11) is 1.85. The van der Waals surface area contributed by atoms with Crippen molar-refractivity contribution in [1.82, 2.24) is 4.90 Å². The Labute approximate surface area is 112 Å². The molecule has 2 aliphatic heterocycles. The van der Waals surface area contributed by atoms with Crippen LogP contribution in [-0.2, 0) is 0 Å². The summed E-state index contributed by atoms with van der Waals surface area (Å²) >= 11 is 5.84. The van der Waals surface area contributed by atoms with Crippen LogP contribution in [0.4, 0.5) is 0 Å². The molecule has 0 saturated carbocycles. The lowest BCUT2D eigenvalue weighted by molar-refractivity contribution is 0.0662. The fourth-order valence-corrected chi connectivity index (χ4v) is 2.72. The minimum Gasteiger partial charge on any atom is -0.490 e. The predicted molar refractivity (Wildman–Crippen MR) is 69.7 cm³/mol. The van der Waals surface area contributed by atoms with Crippen LogP contribution in [0.3, 0.4) is 0 Å². The van der Waals surface area contributed by atoms with Gasteiger partial charge in [0.2, 0.25) is 0 Å². The minimum atomic E-state index is -1.70. The van der Waals surface area contributed by atoms with Crippen LogP contribution in [0.25, 0.3) is 0 Å². The summed E-state index contributed by atoms with van der Waals surface area (Å²) in [6, 6.07) is 5.99. The van der Waals surface area contributed by atoms with Crippen molar-refractivity contribution in [2.75, 3.05) is 7.05 Å². The fraction of sp³-hybridized carbons (Fsp3) is 0.571. The Hall–Kier alpha value is -0.730. The van der Waals surface area contributed by atoms with Crippen molar-refractivity contribution in [3.05, 3.63) is 29.3 Å². The Balaban J connectivity index is 1.85. The SMILES string of the molecule is [2H]C1([2H])C(Oc2ccc(Cl)cc2)C[C@H]2CC[C@]1([2H])N2C. The first-order valence-electron chi connectivity index (χ1n) is 7.50. The van der Waals surface area contributed by atoms with Crippen molar-refractivity contribution in [1.29, 1.82) is 0 Å². The summed E-state index contributed by atoms with van der Waals surface area (Å²) < 4.78 is 31.1. The molecule has 2 bridgehead atoms. The van der Waals surface area contributed by atoms with Gasteiger partial charge in [-0.15, -0.1) is 0 Å². The van der Waals surface area contributed by atoms with Crippen LogP contribution in [0.15, 0.2) is 24.3 Å². The van der Waals surface area contributed by atoms with Gasteiger partial charge in [-0.1, -0.05) is 11.6 Å². The summed E-state index contributed by atoms with van der Waals surface area (Å²) in [4.78, 5) is 1.87. The summed E-state index contributed by atoms with van der Waals surface area (Å²) in [5.74, 6) is 0.607. The van der Waals surface area contributed by atoms with Gasteiger partial charge in [-0.25, -0.2) is 0 Å². The van der Waals surface area contributed by atoms with E-state index in [1.807, 2.05) is 11.9 Å². The molecule has 0 aromatic heterocycles. The molecule has 2 saturated heterocycles. The highest BCUT2D eigenvalue weighted by molar-refractivity contribution is 6.30. The van der Waals surface area contributed by atoms with Gasteiger partial charge in [0.25, 0.3) is 0 Å². The zero-order valence-electron chi connectivity index (χ0n) is 12.8. The van der Waals surface area contributed by atoms with E-state index in [0.717, 1.165) is 6.42 Å². The van der Waals surface area contributed by atoms with Crippen LogP contribution in [0.5, 0.6) is 5.75 Å². The number of halogens is 1.